The van der Waals surface area contributed by atoms with E-state index in [1.165, 1.54) is 51.4 Å². The summed E-state index contributed by atoms with van der Waals surface area (Å²) in [6.45, 7) is 4.51. The SMILES string of the molecule is C[C@H]1CC(=O)[C@@]2(CC[C@H]3[C@@H]4CCC5=CCCC[C@@H]5[C@H]4CC[C@@]32C)O1. The van der Waals surface area contributed by atoms with Crippen molar-refractivity contribution in [2.24, 2.45) is 29.1 Å². The van der Waals surface area contributed by atoms with Crippen molar-refractivity contribution in [2.45, 2.75) is 89.8 Å². The first-order valence-corrected chi connectivity index (χ1v) is 10.5. The molecule has 2 heteroatoms. The Morgan fingerprint density at radius 1 is 1.12 bits per heavy atom. The summed E-state index contributed by atoms with van der Waals surface area (Å²) >= 11 is 0. The lowest BCUT2D eigenvalue weighted by Gasteiger charge is -2.55. The predicted octanol–water partition coefficient (Wildman–Crippen LogP) is 5.07. The van der Waals surface area contributed by atoms with Crippen LogP contribution in [0.3, 0.4) is 0 Å². The van der Waals surface area contributed by atoms with Gasteiger partial charge in [0.15, 0.2) is 5.78 Å². The molecule has 1 saturated heterocycles. The fourth-order valence-corrected chi connectivity index (χ4v) is 7.83. The summed E-state index contributed by atoms with van der Waals surface area (Å²) in [6.07, 6.45) is 14.9. The van der Waals surface area contributed by atoms with Gasteiger partial charge < -0.3 is 4.74 Å². The second-order valence-corrected chi connectivity index (χ2v) is 9.67. The Morgan fingerprint density at radius 3 is 2.79 bits per heavy atom. The molecule has 0 aromatic rings. The standard InChI is InChI=1S/C22H32O2/c1-14-13-20(23)22(24-14)12-10-19-18-8-7-15-5-3-4-6-16(15)17(18)9-11-21(19,22)2/h5,14,16-19H,3-4,6-13H2,1-2H3/t14-,16-,17+,18+,19-,21-,22+/m0/s1. The Balaban J connectivity index is 1.48. The first-order valence-electron chi connectivity index (χ1n) is 10.5. The molecule has 0 aromatic heterocycles. The number of allylic oxidation sites excluding steroid dienone is 2. The third-order valence-electron chi connectivity index (χ3n) is 8.82. The molecule has 0 amide bonds. The highest BCUT2D eigenvalue weighted by Gasteiger charge is 2.68. The van der Waals surface area contributed by atoms with E-state index in [4.69, 9.17) is 4.74 Å². The van der Waals surface area contributed by atoms with E-state index in [0.29, 0.717) is 18.1 Å². The molecular weight excluding hydrogens is 296 g/mol. The molecule has 1 spiro atoms. The average molecular weight is 328 g/mol. The van der Waals surface area contributed by atoms with Gasteiger partial charge in [-0.3, -0.25) is 4.79 Å². The molecule has 0 radical (unpaired) electrons. The molecule has 0 N–H and O–H groups in total. The lowest BCUT2D eigenvalue weighted by atomic mass is 9.50. The lowest BCUT2D eigenvalue weighted by Crippen LogP contribution is -2.55. The Labute approximate surface area is 146 Å². The predicted molar refractivity (Wildman–Crippen MR) is 94.6 cm³/mol. The van der Waals surface area contributed by atoms with Crippen molar-refractivity contribution in [1.82, 2.24) is 0 Å². The minimum absolute atomic E-state index is 0.103. The number of ketones is 1. The number of carbonyl (C=O) groups excluding carboxylic acids is 1. The number of carbonyl (C=O) groups is 1. The maximum absolute atomic E-state index is 12.9. The highest BCUT2D eigenvalue weighted by atomic mass is 16.5. The molecular formula is C22H32O2. The van der Waals surface area contributed by atoms with E-state index in [2.05, 4.69) is 19.9 Å². The molecule has 1 heterocycles. The van der Waals surface area contributed by atoms with Gasteiger partial charge in [-0.2, -0.15) is 0 Å². The zero-order valence-electron chi connectivity index (χ0n) is 15.4. The molecule has 2 nitrogen and oxygen atoms in total. The first kappa shape index (κ1) is 15.6. The van der Waals surface area contributed by atoms with Gasteiger partial charge in [-0.1, -0.05) is 18.6 Å². The smallest absolute Gasteiger partial charge is 0.167 e. The zero-order chi connectivity index (χ0) is 16.5. The van der Waals surface area contributed by atoms with Gasteiger partial charge in [-0.05, 0) is 88.4 Å². The van der Waals surface area contributed by atoms with Crippen LogP contribution in [0.15, 0.2) is 11.6 Å². The van der Waals surface area contributed by atoms with E-state index >= 15 is 0 Å². The van der Waals surface area contributed by atoms with Crippen molar-refractivity contribution < 1.29 is 9.53 Å². The molecule has 0 unspecified atom stereocenters. The van der Waals surface area contributed by atoms with Gasteiger partial charge in [0.1, 0.15) is 5.60 Å². The number of rotatable bonds is 0. The molecule has 132 valence electrons. The second-order valence-electron chi connectivity index (χ2n) is 9.67. The number of hydrogen-bond acceptors (Lipinski definition) is 2. The number of hydrogen-bond donors (Lipinski definition) is 0. The molecule has 24 heavy (non-hydrogen) atoms. The van der Waals surface area contributed by atoms with Crippen LogP contribution in [0.1, 0.15) is 78.1 Å². The summed E-state index contributed by atoms with van der Waals surface area (Å²) < 4.78 is 6.42. The molecule has 0 bridgehead atoms. The van der Waals surface area contributed by atoms with E-state index in [0.717, 1.165) is 24.2 Å². The zero-order valence-corrected chi connectivity index (χ0v) is 15.4. The quantitative estimate of drug-likeness (QED) is 0.581. The average Bonchev–Trinajstić information content (AvgIpc) is 3.04. The number of fused-ring (bicyclic) bond motifs is 6. The maximum atomic E-state index is 12.9. The van der Waals surface area contributed by atoms with E-state index < -0.39 is 5.60 Å². The summed E-state index contributed by atoms with van der Waals surface area (Å²) in [6, 6.07) is 0. The van der Waals surface area contributed by atoms with Crippen molar-refractivity contribution in [3.63, 3.8) is 0 Å². The second kappa shape index (κ2) is 5.19. The highest BCUT2D eigenvalue weighted by molar-refractivity contribution is 5.91. The van der Waals surface area contributed by atoms with Crippen LogP contribution in [0, 0.1) is 29.1 Å². The topological polar surface area (TPSA) is 26.3 Å². The number of Topliss-reactive ketones (excluding diaryl/α,β-unsaturated/α-hetero) is 1. The Hall–Kier alpha value is -0.630. The lowest BCUT2D eigenvalue weighted by molar-refractivity contribution is -0.162. The van der Waals surface area contributed by atoms with Gasteiger partial charge in [-0.15, -0.1) is 0 Å². The minimum Gasteiger partial charge on any atom is -0.363 e. The third kappa shape index (κ3) is 1.84. The van der Waals surface area contributed by atoms with E-state index in [1.807, 2.05) is 0 Å². The van der Waals surface area contributed by atoms with Crippen LogP contribution in [0.2, 0.25) is 0 Å². The molecule has 4 aliphatic carbocycles. The van der Waals surface area contributed by atoms with E-state index in [1.54, 1.807) is 5.57 Å². The molecule has 3 saturated carbocycles. The Kier molecular flexibility index (Phi) is 3.38. The van der Waals surface area contributed by atoms with Gasteiger partial charge >= 0.3 is 0 Å². The summed E-state index contributed by atoms with van der Waals surface area (Å²) in [5.74, 6) is 3.75. The van der Waals surface area contributed by atoms with Crippen molar-refractivity contribution in [2.75, 3.05) is 0 Å². The summed E-state index contributed by atoms with van der Waals surface area (Å²) in [4.78, 5) is 12.9. The van der Waals surface area contributed by atoms with E-state index in [9.17, 15) is 4.79 Å². The van der Waals surface area contributed by atoms with Crippen LogP contribution in [0.25, 0.3) is 0 Å². The van der Waals surface area contributed by atoms with Gasteiger partial charge in [0.05, 0.1) is 6.10 Å². The van der Waals surface area contributed by atoms with Crippen LogP contribution < -0.4 is 0 Å². The van der Waals surface area contributed by atoms with Gasteiger partial charge in [0, 0.05) is 11.8 Å². The maximum Gasteiger partial charge on any atom is 0.167 e. The van der Waals surface area contributed by atoms with Gasteiger partial charge in [0.25, 0.3) is 0 Å². The van der Waals surface area contributed by atoms with Crippen molar-refractivity contribution in [1.29, 1.82) is 0 Å². The molecule has 1 aliphatic heterocycles. The third-order valence-corrected chi connectivity index (χ3v) is 8.82. The van der Waals surface area contributed by atoms with Crippen LogP contribution in [0.5, 0.6) is 0 Å². The van der Waals surface area contributed by atoms with Crippen LogP contribution in [-0.4, -0.2) is 17.5 Å². The summed E-state index contributed by atoms with van der Waals surface area (Å²) in [5, 5.41) is 0. The minimum atomic E-state index is -0.426. The largest absolute Gasteiger partial charge is 0.363 e. The van der Waals surface area contributed by atoms with Crippen molar-refractivity contribution in [3.05, 3.63) is 11.6 Å². The Morgan fingerprint density at radius 2 is 2.00 bits per heavy atom. The normalized spacial score (nSPS) is 53.5. The van der Waals surface area contributed by atoms with Gasteiger partial charge in [-0.25, -0.2) is 0 Å². The van der Waals surface area contributed by atoms with E-state index in [-0.39, 0.29) is 11.5 Å². The molecule has 4 fully saturated rings. The van der Waals surface area contributed by atoms with Crippen LogP contribution in [-0.2, 0) is 9.53 Å². The monoisotopic (exact) mass is 328 g/mol. The van der Waals surface area contributed by atoms with Crippen LogP contribution >= 0.6 is 0 Å². The fourth-order valence-electron chi connectivity index (χ4n) is 7.83. The van der Waals surface area contributed by atoms with Crippen molar-refractivity contribution >= 4 is 5.78 Å². The molecule has 7 atom stereocenters. The summed E-state index contributed by atoms with van der Waals surface area (Å²) in [5.41, 5.74) is 1.47. The molecule has 5 rings (SSSR count). The van der Waals surface area contributed by atoms with Crippen LogP contribution in [0.4, 0.5) is 0 Å². The highest BCUT2D eigenvalue weighted by Crippen LogP contribution is 2.67. The molecule has 0 aromatic carbocycles. The fraction of sp³-hybridized carbons (Fsp3) is 0.864. The van der Waals surface area contributed by atoms with Gasteiger partial charge in [0.2, 0.25) is 0 Å². The first-order chi connectivity index (χ1) is 11.6. The van der Waals surface area contributed by atoms with Crippen molar-refractivity contribution in [3.8, 4) is 0 Å². The molecule has 5 aliphatic rings. The summed E-state index contributed by atoms with van der Waals surface area (Å²) in [7, 11) is 0. The number of ether oxygens (including phenoxy) is 1. The Bertz CT molecular complexity index is 593.